The van der Waals surface area contributed by atoms with Gasteiger partial charge in [0.25, 0.3) is 0 Å². The van der Waals surface area contributed by atoms with Crippen molar-refractivity contribution >= 4 is 0 Å². The number of allylic oxidation sites excluding steroid dienone is 1. The lowest BCUT2D eigenvalue weighted by molar-refractivity contribution is 0.0364. The molecule has 0 N–H and O–H groups in total. The molecular formula is C30H40N2O. The largest absolute Gasteiger partial charge is 0.464 e. The van der Waals surface area contributed by atoms with Crippen LogP contribution in [0.1, 0.15) is 101 Å². The lowest BCUT2D eigenvalue weighted by atomic mass is 9.68. The smallest absolute Gasteiger partial charge is 0.125 e. The summed E-state index contributed by atoms with van der Waals surface area (Å²) in [6.07, 6.45) is 16.8. The van der Waals surface area contributed by atoms with Crippen LogP contribution < -0.4 is 0 Å². The molecular weight excluding hydrogens is 404 g/mol. The van der Waals surface area contributed by atoms with Crippen molar-refractivity contribution in [1.82, 2.24) is 9.80 Å². The number of likely N-dealkylation sites (tertiary alicyclic amines) is 1. The average molecular weight is 445 g/mol. The van der Waals surface area contributed by atoms with Crippen molar-refractivity contribution in [2.24, 2.45) is 5.41 Å². The van der Waals surface area contributed by atoms with Gasteiger partial charge in [-0.1, -0.05) is 12.2 Å². The molecule has 1 aliphatic carbocycles. The van der Waals surface area contributed by atoms with Crippen molar-refractivity contribution in [3.05, 3.63) is 35.3 Å². The van der Waals surface area contributed by atoms with Crippen LogP contribution in [0.3, 0.4) is 0 Å². The van der Waals surface area contributed by atoms with Gasteiger partial charge < -0.3 is 9.32 Å². The molecule has 3 aliphatic heterocycles. The summed E-state index contributed by atoms with van der Waals surface area (Å²) in [5, 5.41) is 0. The van der Waals surface area contributed by atoms with Crippen molar-refractivity contribution in [3.63, 3.8) is 0 Å². The van der Waals surface area contributed by atoms with Crippen molar-refractivity contribution in [1.29, 1.82) is 0 Å². The first-order valence-corrected chi connectivity index (χ1v) is 13.3. The summed E-state index contributed by atoms with van der Waals surface area (Å²) >= 11 is 0. The van der Waals surface area contributed by atoms with Gasteiger partial charge in [-0.2, -0.15) is 0 Å². The van der Waals surface area contributed by atoms with Crippen molar-refractivity contribution in [2.75, 3.05) is 26.2 Å². The van der Waals surface area contributed by atoms with E-state index >= 15 is 0 Å². The molecule has 4 aliphatic rings. The second-order valence-corrected chi connectivity index (χ2v) is 10.5. The van der Waals surface area contributed by atoms with Gasteiger partial charge in [-0.3, -0.25) is 4.90 Å². The van der Waals surface area contributed by atoms with Gasteiger partial charge in [-0.25, -0.2) is 0 Å². The van der Waals surface area contributed by atoms with Crippen LogP contribution in [-0.4, -0.2) is 42.0 Å². The lowest BCUT2D eigenvalue weighted by Gasteiger charge is -2.45. The van der Waals surface area contributed by atoms with Gasteiger partial charge in [0, 0.05) is 37.3 Å². The van der Waals surface area contributed by atoms with Crippen molar-refractivity contribution in [2.45, 2.75) is 96.1 Å². The first-order chi connectivity index (χ1) is 16.3. The summed E-state index contributed by atoms with van der Waals surface area (Å²) in [6.45, 7) is 8.75. The van der Waals surface area contributed by atoms with E-state index in [2.05, 4.69) is 51.7 Å². The number of furan rings is 1. The normalized spacial score (nSPS) is 31.6. The molecule has 4 heterocycles. The number of aryl methyl sites for hydroxylation is 1. The van der Waals surface area contributed by atoms with Gasteiger partial charge in [0.2, 0.25) is 0 Å². The summed E-state index contributed by atoms with van der Waals surface area (Å²) < 4.78 is 6.69. The molecule has 0 radical (unpaired) electrons. The van der Waals surface area contributed by atoms with Gasteiger partial charge in [0.05, 0.1) is 6.04 Å². The van der Waals surface area contributed by atoms with E-state index in [1.165, 1.54) is 76.9 Å². The Labute approximate surface area is 201 Å². The van der Waals surface area contributed by atoms with Gasteiger partial charge >= 0.3 is 0 Å². The Kier molecular flexibility index (Phi) is 7.01. The molecule has 5 rings (SSSR count). The van der Waals surface area contributed by atoms with E-state index in [4.69, 9.17) is 4.42 Å². The highest BCUT2D eigenvalue weighted by Gasteiger charge is 2.64. The van der Waals surface area contributed by atoms with Gasteiger partial charge in [0.1, 0.15) is 11.5 Å². The Morgan fingerprint density at radius 1 is 1.09 bits per heavy atom. The molecule has 0 amide bonds. The molecule has 2 saturated heterocycles. The summed E-state index contributed by atoms with van der Waals surface area (Å²) in [7, 11) is 0. The summed E-state index contributed by atoms with van der Waals surface area (Å²) in [6, 6.07) is 3.45. The number of unbranched alkanes of at least 4 members (excludes halogenated alkanes) is 2. The Balaban J connectivity index is 1.41. The van der Waals surface area contributed by atoms with Crippen LogP contribution in [0.2, 0.25) is 0 Å². The zero-order valence-electron chi connectivity index (χ0n) is 20.7. The van der Waals surface area contributed by atoms with Crippen LogP contribution in [0.4, 0.5) is 0 Å². The predicted molar refractivity (Wildman–Crippen MR) is 135 cm³/mol. The van der Waals surface area contributed by atoms with Crippen molar-refractivity contribution in [3.8, 4) is 23.7 Å². The van der Waals surface area contributed by atoms with Gasteiger partial charge in [-0.05, 0) is 96.0 Å². The fraction of sp³-hybridized carbons (Fsp3) is 0.667. The molecule has 0 bridgehead atoms. The van der Waals surface area contributed by atoms with Crippen LogP contribution in [-0.2, 0) is 6.42 Å². The minimum atomic E-state index is 0.316. The summed E-state index contributed by atoms with van der Waals surface area (Å²) in [4.78, 5) is 5.60. The molecule has 3 heteroatoms. The number of piperidine rings is 1. The third kappa shape index (κ3) is 4.32. The van der Waals surface area contributed by atoms with Crippen LogP contribution in [0.15, 0.2) is 22.6 Å². The molecule has 33 heavy (non-hydrogen) atoms. The molecule has 1 aromatic rings. The second-order valence-electron chi connectivity index (χ2n) is 10.5. The fourth-order valence-electron chi connectivity index (χ4n) is 7.25. The maximum absolute atomic E-state index is 6.69. The maximum atomic E-state index is 6.69. The molecule has 0 saturated carbocycles. The van der Waals surface area contributed by atoms with Crippen LogP contribution in [0.25, 0.3) is 0 Å². The van der Waals surface area contributed by atoms with E-state index < -0.39 is 0 Å². The standard InChI is InChI=1S/C30H40N2O/c1-3-5-7-9-13-18-31-20-17-27-26-21-25(16-11-6-4-2)33-28(26)29-30(27,23-31)22-24-15-12-8-10-14-19-32(24)29/h12,15,21,24,27,29H,7-11,13-14,16-20,22-23H2,1-2H3/b15-12-/t24-,27-,29-,30-/m0/s1. The van der Waals surface area contributed by atoms with E-state index in [0.717, 1.165) is 25.0 Å². The molecule has 2 fully saturated rings. The third-order valence-electron chi connectivity index (χ3n) is 8.57. The average Bonchev–Trinajstić information content (AvgIpc) is 3.39. The molecule has 4 atom stereocenters. The van der Waals surface area contributed by atoms with E-state index in [0.29, 0.717) is 23.4 Å². The van der Waals surface area contributed by atoms with Crippen LogP contribution >= 0.6 is 0 Å². The molecule has 1 aromatic heterocycles. The first-order valence-electron chi connectivity index (χ1n) is 13.3. The highest BCUT2D eigenvalue weighted by Crippen LogP contribution is 2.67. The summed E-state index contributed by atoms with van der Waals surface area (Å²) in [5.41, 5.74) is 1.86. The van der Waals surface area contributed by atoms with E-state index in [1.54, 1.807) is 5.56 Å². The molecule has 0 aromatic carbocycles. The minimum Gasteiger partial charge on any atom is -0.464 e. The zero-order chi connectivity index (χ0) is 22.7. The van der Waals surface area contributed by atoms with E-state index in [-0.39, 0.29) is 0 Å². The SMILES string of the molecule is CC#CCCCCN1CC[C@H]2c3cc(CCC#CC)oc3[C@@H]3N4CCCC/C=C\[C@H]4C[C@@]32C1. The molecule has 0 unspecified atom stereocenters. The number of fused-ring (bicyclic) bond motifs is 5. The molecule has 3 nitrogen and oxygen atoms in total. The number of nitrogens with zero attached hydrogens (tertiary/aromatic N) is 2. The quantitative estimate of drug-likeness (QED) is 0.301. The zero-order valence-corrected chi connectivity index (χ0v) is 20.7. The third-order valence-corrected chi connectivity index (χ3v) is 8.57. The summed E-state index contributed by atoms with van der Waals surface area (Å²) in [5.74, 6) is 15.6. The van der Waals surface area contributed by atoms with Crippen LogP contribution in [0.5, 0.6) is 0 Å². The monoisotopic (exact) mass is 444 g/mol. The predicted octanol–water partition coefficient (Wildman–Crippen LogP) is 6.07. The topological polar surface area (TPSA) is 19.6 Å². The second kappa shape index (κ2) is 10.1. The highest BCUT2D eigenvalue weighted by atomic mass is 16.3. The number of rotatable bonds is 6. The Morgan fingerprint density at radius 3 is 2.85 bits per heavy atom. The van der Waals surface area contributed by atoms with E-state index in [9.17, 15) is 0 Å². The maximum Gasteiger partial charge on any atom is 0.125 e. The van der Waals surface area contributed by atoms with Crippen LogP contribution in [0, 0.1) is 29.1 Å². The Hall–Kier alpha value is -1.94. The fourth-order valence-corrected chi connectivity index (χ4v) is 7.25. The van der Waals surface area contributed by atoms with E-state index in [1.807, 2.05) is 13.8 Å². The van der Waals surface area contributed by atoms with Crippen molar-refractivity contribution < 1.29 is 4.42 Å². The highest BCUT2D eigenvalue weighted by molar-refractivity contribution is 5.42. The first kappa shape index (κ1) is 22.8. The Morgan fingerprint density at radius 2 is 1.97 bits per heavy atom. The number of hydrogen-bond acceptors (Lipinski definition) is 3. The Bertz CT molecular complexity index is 982. The lowest BCUT2D eigenvalue weighted by Crippen LogP contribution is -2.47. The minimum absolute atomic E-state index is 0.316. The number of hydrogen-bond donors (Lipinski definition) is 0. The molecule has 176 valence electrons. The van der Waals surface area contributed by atoms with Gasteiger partial charge in [-0.15, -0.1) is 23.7 Å². The molecule has 1 spiro atoms. The van der Waals surface area contributed by atoms with Gasteiger partial charge in [0.15, 0.2) is 0 Å².